The van der Waals surface area contributed by atoms with Gasteiger partial charge in [-0.1, -0.05) is 24.3 Å². The number of nitrogens with two attached hydrogens (primary N) is 1. The molecule has 2 aromatic rings. The van der Waals surface area contributed by atoms with Crippen LogP contribution in [0.3, 0.4) is 0 Å². The summed E-state index contributed by atoms with van der Waals surface area (Å²) in [6.45, 7) is 2.62. The fourth-order valence-electron chi connectivity index (χ4n) is 2.59. The lowest BCUT2D eigenvalue weighted by Crippen LogP contribution is -2.39. The van der Waals surface area contributed by atoms with E-state index in [1.165, 1.54) is 0 Å². The quantitative estimate of drug-likeness (QED) is 0.902. The first kappa shape index (κ1) is 12.9. The minimum atomic E-state index is 0.139. The van der Waals surface area contributed by atoms with Crippen molar-refractivity contribution in [3.63, 3.8) is 0 Å². The molecular weight excluding hydrogens is 252 g/mol. The zero-order valence-electron chi connectivity index (χ0n) is 11.3. The zero-order chi connectivity index (χ0) is 13.9. The van der Waals surface area contributed by atoms with Gasteiger partial charge in [0, 0.05) is 32.0 Å². The summed E-state index contributed by atoms with van der Waals surface area (Å²) >= 11 is 0. The molecule has 0 radical (unpaired) electrons. The van der Waals surface area contributed by atoms with Crippen molar-refractivity contribution in [2.75, 3.05) is 6.54 Å². The molecule has 1 aromatic heterocycles. The molecule has 1 amide bonds. The van der Waals surface area contributed by atoms with E-state index in [2.05, 4.69) is 9.55 Å². The van der Waals surface area contributed by atoms with Crippen molar-refractivity contribution in [2.24, 2.45) is 5.73 Å². The van der Waals surface area contributed by atoms with Crippen molar-refractivity contribution in [3.8, 4) is 0 Å². The molecular formula is C15H18N4O. The Morgan fingerprint density at radius 3 is 2.85 bits per heavy atom. The van der Waals surface area contributed by atoms with E-state index in [-0.39, 0.29) is 5.91 Å². The van der Waals surface area contributed by atoms with Crippen LogP contribution in [0.2, 0.25) is 0 Å². The van der Waals surface area contributed by atoms with Gasteiger partial charge in [0.05, 0.1) is 13.0 Å². The molecule has 0 bridgehead atoms. The average Bonchev–Trinajstić information content (AvgIpc) is 2.95. The van der Waals surface area contributed by atoms with Crippen molar-refractivity contribution in [1.29, 1.82) is 0 Å². The summed E-state index contributed by atoms with van der Waals surface area (Å²) < 4.78 is 2.09. The number of hydrogen-bond acceptors (Lipinski definition) is 3. The Morgan fingerprint density at radius 1 is 1.25 bits per heavy atom. The summed E-state index contributed by atoms with van der Waals surface area (Å²) in [7, 11) is 0. The number of carbonyl (C=O) groups excluding carboxylic acids is 1. The van der Waals surface area contributed by atoms with Gasteiger partial charge in [-0.05, 0) is 11.1 Å². The molecule has 3 rings (SSSR count). The largest absolute Gasteiger partial charge is 0.333 e. The van der Waals surface area contributed by atoms with Crippen LogP contribution < -0.4 is 5.73 Å². The Morgan fingerprint density at radius 2 is 2.05 bits per heavy atom. The first-order valence-corrected chi connectivity index (χ1v) is 6.82. The van der Waals surface area contributed by atoms with Crippen LogP contribution in [0.4, 0.5) is 0 Å². The molecule has 0 unspecified atom stereocenters. The van der Waals surface area contributed by atoms with E-state index in [0.29, 0.717) is 19.5 Å². The number of nitrogens with zero attached hydrogens (tertiary/aromatic N) is 3. The minimum Gasteiger partial charge on any atom is -0.333 e. The van der Waals surface area contributed by atoms with Gasteiger partial charge in [-0.25, -0.2) is 4.98 Å². The number of fused-ring (bicyclic) bond motifs is 1. The van der Waals surface area contributed by atoms with Gasteiger partial charge in [-0.2, -0.15) is 0 Å². The van der Waals surface area contributed by atoms with Crippen molar-refractivity contribution in [3.05, 3.63) is 53.6 Å². The summed E-state index contributed by atoms with van der Waals surface area (Å²) in [6.07, 6.45) is 4.15. The molecule has 1 aliphatic rings. The predicted octanol–water partition coefficient (Wildman–Crippen LogP) is 0.927. The summed E-state index contributed by atoms with van der Waals surface area (Å²) in [6, 6.07) is 7.86. The summed E-state index contributed by atoms with van der Waals surface area (Å²) in [4.78, 5) is 18.6. The maximum Gasteiger partial charge on any atom is 0.227 e. The lowest BCUT2D eigenvalue weighted by Gasteiger charge is -2.28. The van der Waals surface area contributed by atoms with Gasteiger partial charge in [0.1, 0.15) is 5.82 Å². The highest BCUT2D eigenvalue weighted by atomic mass is 16.2. The predicted molar refractivity (Wildman–Crippen MR) is 75.7 cm³/mol. The highest BCUT2D eigenvalue weighted by molar-refractivity contribution is 5.79. The molecule has 5 nitrogen and oxygen atoms in total. The van der Waals surface area contributed by atoms with Crippen LogP contribution in [0, 0.1) is 0 Å². The molecule has 1 aromatic carbocycles. The van der Waals surface area contributed by atoms with Crippen molar-refractivity contribution in [1.82, 2.24) is 14.5 Å². The van der Waals surface area contributed by atoms with Crippen molar-refractivity contribution >= 4 is 5.91 Å². The number of benzene rings is 1. The first-order valence-electron chi connectivity index (χ1n) is 6.82. The highest BCUT2D eigenvalue weighted by Crippen LogP contribution is 2.14. The number of hydrogen-bond donors (Lipinski definition) is 1. The van der Waals surface area contributed by atoms with Crippen LogP contribution in [0.1, 0.15) is 17.0 Å². The van der Waals surface area contributed by atoms with Crippen LogP contribution in [-0.4, -0.2) is 26.9 Å². The van der Waals surface area contributed by atoms with Crippen molar-refractivity contribution < 1.29 is 4.79 Å². The molecule has 0 spiro atoms. The molecule has 0 atom stereocenters. The number of imidazole rings is 1. The van der Waals surface area contributed by atoms with Gasteiger partial charge in [0.15, 0.2) is 0 Å². The van der Waals surface area contributed by atoms with Gasteiger partial charge in [0.2, 0.25) is 5.91 Å². The zero-order valence-corrected chi connectivity index (χ0v) is 11.3. The van der Waals surface area contributed by atoms with E-state index in [1.54, 1.807) is 6.20 Å². The van der Waals surface area contributed by atoms with Crippen LogP contribution in [0.5, 0.6) is 0 Å². The van der Waals surface area contributed by atoms with Gasteiger partial charge >= 0.3 is 0 Å². The van der Waals surface area contributed by atoms with Gasteiger partial charge < -0.3 is 15.2 Å². The van der Waals surface area contributed by atoms with Gasteiger partial charge in [0.25, 0.3) is 0 Å². The molecule has 20 heavy (non-hydrogen) atoms. The van der Waals surface area contributed by atoms with Gasteiger partial charge in [-0.15, -0.1) is 0 Å². The first-order chi connectivity index (χ1) is 9.78. The summed E-state index contributed by atoms with van der Waals surface area (Å²) in [5, 5.41) is 0. The topological polar surface area (TPSA) is 64.2 Å². The second kappa shape index (κ2) is 5.46. The number of amides is 1. The fraction of sp³-hybridized carbons (Fsp3) is 0.333. The number of carbonyl (C=O) groups is 1. The lowest BCUT2D eigenvalue weighted by atomic mass is 10.0. The molecule has 104 valence electrons. The Bertz CT molecular complexity index is 620. The smallest absolute Gasteiger partial charge is 0.227 e. The molecule has 0 aliphatic carbocycles. The SMILES string of the molecule is NCc1ccccc1CC(=O)N1CCn2ccnc2C1. The highest BCUT2D eigenvalue weighted by Gasteiger charge is 2.21. The third-order valence-electron chi connectivity index (χ3n) is 3.78. The third kappa shape index (κ3) is 2.44. The Balaban J connectivity index is 1.71. The summed E-state index contributed by atoms with van der Waals surface area (Å²) in [5.74, 6) is 1.09. The second-order valence-corrected chi connectivity index (χ2v) is 5.00. The second-order valence-electron chi connectivity index (χ2n) is 5.00. The normalized spacial score (nSPS) is 14.2. The monoisotopic (exact) mass is 270 g/mol. The van der Waals surface area contributed by atoms with Crippen LogP contribution in [0.15, 0.2) is 36.7 Å². The van der Waals surface area contributed by atoms with E-state index in [4.69, 9.17) is 5.73 Å². The van der Waals surface area contributed by atoms with E-state index >= 15 is 0 Å². The maximum atomic E-state index is 12.4. The molecule has 2 heterocycles. The molecule has 0 saturated heterocycles. The van der Waals surface area contributed by atoms with Crippen LogP contribution in [0.25, 0.3) is 0 Å². The Labute approximate surface area is 118 Å². The number of rotatable bonds is 3. The fourth-order valence-corrected chi connectivity index (χ4v) is 2.59. The van der Waals surface area contributed by atoms with E-state index in [1.807, 2.05) is 35.4 Å². The van der Waals surface area contributed by atoms with Crippen molar-refractivity contribution in [2.45, 2.75) is 26.1 Å². The average molecular weight is 270 g/mol. The molecule has 1 aliphatic heterocycles. The number of aromatic nitrogens is 2. The summed E-state index contributed by atoms with van der Waals surface area (Å²) in [5.41, 5.74) is 7.78. The molecule has 2 N–H and O–H groups in total. The maximum absolute atomic E-state index is 12.4. The minimum absolute atomic E-state index is 0.139. The molecule has 0 fully saturated rings. The Hall–Kier alpha value is -2.14. The van der Waals surface area contributed by atoms with E-state index in [9.17, 15) is 4.79 Å². The van der Waals surface area contributed by atoms with E-state index < -0.39 is 0 Å². The van der Waals surface area contributed by atoms with Gasteiger partial charge in [-0.3, -0.25) is 4.79 Å². The van der Waals surface area contributed by atoms with Crippen LogP contribution >= 0.6 is 0 Å². The Kier molecular flexibility index (Phi) is 3.52. The van der Waals surface area contributed by atoms with Crippen LogP contribution in [-0.2, 0) is 30.8 Å². The van der Waals surface area contributed by atoms with E-state index in [0.717, 1.165) is 30.0 Å². The molecule has 0 saturated carbocycles. The third-order valence-corrected chi connectivity index (χ3v) is 3.78. The standard InChI is InChI=1S/C15H18N4O/c16-10-13-4-2-1-3-12(13)9-15(20)19-8-7-18-6-5-17-14(18)11-19/h1-6H,7-11,16H2. The lowest BCUT2D eigenvalue weighted by molar-refractivity contribution is -0.132. The molecule has 5 heteroatoms.